The van der Waals surface area contributed by atoms with Crippen molar-refractivity contribution in [2.75, 3.05) is 50.7 Å². The molecule has 0 unspecified atom stereocenters. The van der Waals surface area contributed by atoms with Crippen LogP contribution in [-0.4, -0.2) is 67.5 Å². The van der Waals surface area contributed by atoms with Crippen LogP contribution in [0.15, 0.2) is 24.4 Å². The fourth-order valence-corrected chi connectivity index (χ4v) is 2.37. The molecule has 1 aliphatic rings. The summed E-state index contributed by atoms with van der Waals surface area (Å²) in [5, 5.41) is 5.29. The summed E-state index contributed by atoms with van der Waals surface area (Å²) in [4.78, 5) is 31.7. The third-order valence-electron chi connectivity index (χ3n) is 3.53. The number of nitrogens with zero attached hydrogens (tertiary/aromatic N) is 3. The van der Waals surface area contributed by atoms with Crippen LogP contribution in [0.4, 0.5) is 5.82 Å². The van der Waals surface area contributed by atoms with Gasteiger partial charge in [0.1, 0.15) is 5.82 Å². The Kier molecular flexibility index (Phi) is 6.14. The van der Waals surface area contributed by atoms with Crippen LogP contribution < -0.4 is 15.5 Å². The van der Waals surface area contributed by atoms with Crippen LogP contribution in [-0.2, 0) is 9.59 Å². The maximum absolute atomic E-state index is 11.8. The van der Waals surface area contributed by atoms with Crippen molar-refractivity contribution in [2.45, 2.75) is 6.92 Å². The molecule has 0 atom stereocenters. The first kappa shape index (κ1) is 16.2. The Morgan fingerprint density at radius 2 is 1.91 bits per heavy atom. The molecule has 1 fully saturated rings. The van der Waals surface area contributed by atoms with Crippen LogP contribution in [0.5, 0.6) is 0 Å². The first-order chi connectivity index (χ1) is 10.7. The van der Waals surface area contributed by atoms with Gasteiger partial charge < -0.3 is 15.5 Å². The highest BCUT2D eigenvalue weighted by atomic mass is 16.2. The van der Waals surface area contributed by atoms with Crippen LogP contribution in [0.3, 0.4) is 0 Å². The fourth-order valence-electron chi connectivity index (χ4n) is 2.37. The maximum atomic E-state index is 11.8. The van der Waals surface area contributed by atoms with Crippen LogP contribution in [0.2, 0.25) is 0 Å². The zero-order valence-electron chi connectivity index (χ0n) is 12.9. The second kappa shape index (κ2) is 8.33. The van der Waals surface area contributed by atoms with Gasteiger partial charge in [-0.2, -0.15) is 0 Å². The van der Waals surface area contributed by atoms with Gasteiger partial charge in [-0.25, -0.2) is 4.98 Å². The van der Waals surface area contributed by atoms with Gasteiger partial charge in [-0.3, -0.25) is 14.5 Å². The highest BCUT2D eigenvalue weighted by Crippen LogP contribution is 2.11. The van der Waals surface area contributed by atoms with Gasteiger partial charge >= 0.3 is 0 Å². The van der Waals surface area contributed by atoms with E-state index < -0.39 is 0 Å². The number of nitrogens with one attached hydrogen (secondary N) is 2. The first-order valence-corrected chi connectivity index (χ1v) is 7.60. The first-order valence-electron chi connectivity index (χ1n) is 7.60. The third-order valence-corrected chi connectivity index (χ3v) is 3.53. The number of piperazine rings is 1. The van der Waals surface area contributed by atoms with Crippen molar-refractivity contribution in [3.05, 3.63) is 24.4 Å². The normalized spacial score (nSPS) is 15.4. The van der Waals surface area contributed by atoms with E-state index in [9.17, 15) is 9.59 Å². The molecule has 1 aromatic rings. The molecular formula is C15H23N5O2. The second-order valence-corrected chi connectivity index (χ2v) is 5.18. The maximum Gasteiger partial charge on any atom is 0.239 e. The Labute approximate surface area is 130 Å². The number of carbonyl (C=O) groups is 2. The van der Waals surface area contributed by atoms with Gasteiger partial charge in [0, 0.05) is 38.9 Å². The van der Waals surface area contributed by atoms with Gasteiger partial charge in [0.05, 0.1) is 13.1 Å². The minimum absolute atomic E-state index is 0.0422. The predicted molar refractivity (Wildman–Crippen MR) is 84.6 cm³/mol. The molecule has 1 saturated heterocycles. The predicted octanol–water partition coefficient (Wildman–Crippen LogP) is -0.544. The van der Waals surface area contributed by atoms with Crippen molar-refractivity contribution < 1.29 is 9.59 Å². The van der Waals surface area contributed by atoms with Gasteiger partial charge in [-0.1, -0.05) is 6.07 Å². The van der Waals surface area contributed by atoms with E-state index in [4.69, 9.17) is 0 Å². The Bertz CT molecular complexity index is 486. The molecular weight excluding hydrogens is 282 g/mol. The van der Waals surface area contributed by atoms with E-state index in [2.05, 4.69) is 25.4 Å². The number of rotatable bonds is 6. The summed E-state index contributed by atoms with van der Waals surface area (Å²) in [7, 11) is 0. The number of hydrogen-bond donors (Lipinski definition) is 2. The summed E-state index contributed by atoms with van der Waals surface area (Å²) in [6, 6.07) is 5.87. The van der Waals surface area contributed by atoms with Gasteiger partial charge in [-0.05, 0) is 19.1 Å². The lowest BCUT2D eigenvalue weighted by Gasteiger charge is -2.34. The molecule has 2 amide bonds. The molecule has 0 bridgehead atoms. The van der Waals surface area contributed by atoms with E-state index in [1.165, 1.54) is 0 Å². The monoisotopic (exact) mass is 305 g/mol. The molecule has 0 aromatic carbocycles. The highest BCUT2D eigenvalue weighted by molar-refractivity contribution is 5.85. The molecule has 1 aliphatic heterocycles. The SMILES string of the molecule is CCNC(=O)CNC(=O)CN1CCN(c2ccccn2)CC1. The van der Waals surface area contributed by atoms with Crippen molar-refractivity contribution in [1.82, 2.24) is 20.5 Å². The largest absolute Gasteiger partial charge is 0.355 e. The number of pyridine rings is 1. The Balaban J connectivity index is 1.69. The molecule has 120 valence electrons. The summed E-state index contributed by atoms with van der Waals surface area (Å²) in [5.74, 6) is 0.705. The van der Waals surface area contributed by atoms with Crippen molar-refractivity contribution >= 4 is 17.6 Å². The van der Waals surface area contributed by atoms with Gasteiger partial charge in [0.15, 0.2) is 0 Å². The molecule has 0 saturated carbocycles. The molecule has 2 rings (SSSR count). The van der Waals surface area contributed by atoms with Crippen molar-refractivity contribution in [3.63, 3.8) is 0 Å². The molecule has 1 aromatic heterocycles. The molecule has 22 heavy (non-hydrogen) atoms. The second-order valence-electron chi connectivity index (χ2n) is 5.18. The third kappa shape index (κ3) is 5.00. The van der Waals surface area contributed by atoms with E-state index in [-0.39, 0.29) is 18.4 Å². The standard InChI is InChI=1S/C15H23N5O2/c1-2-16-14(21)11-18-15(22)12-19-7-9-20(10-8-19)13-5-3-4-6-17-13/h3-6H,2,7-12H2,1H3,(H,16,21)(H,18,22). The summed E-state index contributed by atoms with van der Waals surface area (Å²) < 4.78 is 0. The lowest BCUT2D eigenvalue weighted by molar-refractivity contribution is -0.126. The Morgan fingerprint density at radius 3 is 2.55 bits per heavy atom. The number of anilines is 1. The molecule has 0 spiro atoms. The topological polar surface area (TPSA) is 77.6 Å². The molecule has 2 heterocycles. The van der Waals surface area contributed by atoms with Crippen LogP contribution in [0.25, 0.3) is 0 Å². The zero-order chi connectivity index (χ0) is 15.8. The number of amides is 2. The number of hydrogen-bond acceptors (Lipinski definition) is 5. The Morgan fingerprint density at radius 1 is 1.14 bits per heavy atom. The fraction of sp³-hybridized carbons (Fsp3) is 0.533. The number of aromatic nitrogens is 1. The quantitative estimate of drug-likeness (QED) is 0.738. The minimum Gasteiger partial charge on any atom is -0.355 e. The number of likely N-dealkylation sites (N-methyl/N-ethyl adjacent to an activating group) is 1. The van der Waals surface area contributed by atoms with Crippen molar-refractivity contribution in [2.24, 2.45) is 0 Å². The lowest BCUT2D eigenvalue weighted by Crippen LogP contribution is -2.50. The average molecular weight is 305 g/mol. The number of carbonyl (C=O) groups excluding carboxylic acids is 2. The summed E-state index contributed by atoms with van der Waals surface area (Å²) >= 11 is 0. The van der Waals surface area contributed by atoms with E-state index in [0.717, 1.165) is 32.0 Å². The lowest BCUT2D eigenvalue weighted by atomic mass is 10.3. The van der Waals surface area contributed by atoms with Gasteiger partial charge in [0.2, 0.25) is 11.8 Å². The van der Waals surface area contributed by atoms with Gasteiger partial charge in [-0.15, -0.1) is 0 Å². The minimum atomic E-state index is -0.157. The van der Waals surface area contributed by atoms with Crippen molar-refractivity contribution in [1.29, 1.82) is 0 Å². The molecule has 7 heteroatoms. The smallest absolute Gasteiger partial charge is 0.239 e. The summed E-state index contributed by atoms with van der Waals surface area (Å²) in [6.07, 6.45) is 1.79. The van der Waals surface area contributed by atoms with Gasteiger partial charge in [0.25, 0.3) is 0 Å². The van der Waals surface area contributed by atoms with E-state index in [0.29, 0.717) is 13.1 Å². The van der Waals surface area contributed by atoms with E-state index >= 15 is 0 Å². The summed E-state index contributed by atoms with van der Waals surface area (Å²) in [5.41, 5.74) is 0. The highest BCUT2D eigenvalue weighted by Gasteiger charge is 2.19. The van der Waals surface area contributed by atoms with Crippen LogP contribution in [0, 0.1) is 0 Å². The van der Waals surface area contributed by atoms with Crippen molar-refractivity contribution in [3.8, 4) is 0 Å². The molecule has 7 nitrogen and oxygen atoms in total. The van der Waals surface area contributed by atoms with E-state index in [1.54, 1.807) is 6.20 Å². The van der Waals surface area contributed by atoms with E-state index in [1.807, 2.05) is 25.1 Å². The van der Waals surface area contributed by atoms with Crippen LogP contribution >= 0.6 is 0 Å². The summed E-state index contributed by atoms with van der Waals surface area (Å²) in [6.45, 7) is 6.11. The molecule has 0 aliphatic carbocycles. The Hall–Kier alpha value is -2.15. The average Bonchev–Trinajstić information content (AvgIpc) is 2.55. The molecule has 2 N–H and O–H groups in total. The van der Waals surface area contributed by atoms with Crippen LogP contribution in [0.1, 0.15) is 6.92 Å². The molecule has 0 radical (unpaired) electrons. The zero-order valence-corrected chi connectivity index (χ0v) is 12.9.